The fourth-order valence-electron chi connectivity index (χ4n) is 3.84. The molecule has 1 saturated heterocycles. The summed E-state index contributed by atoms with van der Waals surface area (Å²) in [4.78, 5) is 15.2. The number of hydrogen-bond acceptors (Lipinski definition) is 4. The van der Waals surface area contributed by atoms with E-state index in [1.54, 1.807) is 17.2 Å². The summed E-state index contributed by atoms with van der Waals surface area (Å²) in [5, 5.41) is 11.7. The van der Waals surface area contributed by atoms with Crippen molar-refractivity contribution in [2.75, 3.05) is 13.2 Å². The number of carbonyl (C=O) groups is 1. The highest BCUT2D eigenvalue weighted by Gasteiger charge is 2.42. The number of aromatic nitrogens is 3. The molecular weight excluding hydrogens is 352 g/mol. The van der Waals surface area contributed by atoms with Crippen LogP contribution in [0.25, 0.3) is 0 Å². The van der Waals surface area contributed by atoms with Crippen LogP contribution in [-0.4, -0.2) is 34.1 Å². The molecule has 6 heteroatoms. The van der Waals surface area contributed by atoms with Gasteiger partial charge < -0.3 is 10.1 Å². The molecule has 6 nitrogen and oxygen atoms in total. The predicted molar refractivity (Wildman–Crippen MR) is 106 cm³/mol. The van der Waals surface area contributed by atoms with Crippen LogP contribution in [-0.2, 0) is 21.5 Å². The number of rotatable bonds is 6. The van der Waals surface area contributed by atoms with Gasteiger partial charge in [0.1, 0.15) is 0 Å². The first-order chi connectivity index (χ1) is 13.8. The second kappa shape index (κ2) is 8.35. The van der Waals surface area contributed by atoms with Gasteiger partial charge in [0.25, 0.3) is 0 Å². The number of amides is 1. The Balaban J connectivity index is 1.63. The SMILES string of the molecule is O=C(NC(Cn1nccn1)c1ccccc1)C1(c2ccccc2)CCOCC1. The first-order valence-electron chi connectivity index (χ1n) is 9.61. The predicted octanol–water partition coefficient (Wildman–Crippen LogP) is 2.88. The first-order valence-corrected chi connectivity index (χ1v) is 9.61. The van der Waals surface area contributed by atoms with Crippen molar-refractivity contribution < 1.29 is 9.53 Å². The minimum Gasteiger partial charge on any atom is -0.381 e. The number of carbonyl (C=O) groups excluding carboxylic acids is 1. The molecule has 4 rings (SSSR count). The van der Waals surface area contributed by atoms with E-state index in [9.17, 15) is 4.79 Å². The van der Waals surface area contributed by atoms with Crippen LogP contribution >= 0.6 is 0 Å². The third-order valence-electron chi connectivity index (χ3n) is 5.43. The van der Waals surface area contributed by atoms with Gasteiger partial charge in [-0.15, -0.1) is 0 Å². The van der Waals surface area contributed by atoms with Crippen LogP contribution in [0.3, 0.4) is 0 Å². The summed E-state index contributed by atoms with van der Waals surface area (Å²) in [6.45, 7) is 1.64. The number of nitrogens with one attached hydrogen (secondary N) is 1. The average Bonchev–Trinajstić information content (AvgIpc) is 3.28. The summed E-state index contributed by atoms with van der Waals surface area (Å²) in [5.74, 6) is 0.0306. The van der Waals surface area contributed by atoms with Crippen LogP contribution in [0.2, 0.25) is 0 Å². The number of nitrogens with zero attached hydrogens (tertiary/aromatic N) is 3. The zero-order chi connectivity index (χ0) is 19.2. The summed E-state index contributed by atoms with van der Waals surface area (Å²) in [7, 11) is 0. The van der Waals surface area contributed by atoms with Crippen LogP contribution < -0.4 is 5.32 Å². The van der Waals surface area contributed by atoms with Gasteiger partial charge in [0, 0.05) is 13.2 Å². The molecule has 3 aromatic rings. The van der Waals surface area contributed by atoms with Crippen LogP contribution in [0.5, 0.6) is 0 Å². The highest BCUT2D eigenvalue weighted by molar-refractivity contribution is 5.88. The molecule has 0 bridgehead atoms. The molecule has 0 saturated carbocycles. The van der Waals surface area contributed by atoms with Crippen LogP contribution in [0.4, 0.5) is 0 Å². The van der Waals surface area contributed by atoms with E-state index in [4.69, 9.17) is 4.74 Å². The Morgan fingerprint density at radius 2 is 1.61 bits per heavy atom. The minimum atomic E-state index is -0.579. The van der Waals surface area contributed by atoms with Gasteiger partial charge in [0.05, 0.1) is 30.4 Å². The highest BCUT2D eigenvalue weighted by Crippen LogP contribution is 2.36. The lowest BCUT2D eigenvalue weighted by molar-refractivity contribution is -0.131. The Morgan fingerprint density at radius 3 is 2.25 bits per heavy atom. The second-order valence-electron chi connectivity index (χ2n) is 7.08. The maximum absolute atomic E-state index is 13.6. The molecule has 0 aliphatic carbocycles. The quantitative estimate of drug-likeness (QED) is 0.718. The lowest BCUT2D eigenvalue weighted by Gasteiger charge is -2.37. The highest BCUT2D eigenvalue weighted by atomic mass is 16.5. The fraction of sp³-hybridized carbons (Fsp3) is 0.318. The molecule has 0 spiro atoms. The third-order valence-corrected chi connectivity index (χ3v) is 5.43. The zero-order valence-corrected chi connectivity index (χ0v) is 15.7. The Kier molecular flexibility index (Phi) is 5.48. The van der Waals surface area contributed by atoms with Gasteiger partial charge in [0.2, 0.25) is 5.91 Å². The molecule has 144 valence electrons. The zero-order valence-electron chi connectivity index (χ0n) is 15.7. The van der Waals surface area contributed by atoms with Gasteiger partial charge in [-0.3, -0.25) is 4.79 Å². The lowest BCUT2D eigenvalue weighted by Crippen LogP contribution is -2.49. The normalized spacial score (nSPS) is 17.0. The van der Waals surface area contributed by atoms with Gasteiger partial charge in [-0.25, -0.2) is 0 Å². The summed E-state index contributed by atoms with van der Waals surface area (Å²) in [5.41, 5.74) is 1.49. The van der Waals surface area contributed by atoms with Gasteiger partial charge in [-0.1, -0.05) is 60.7 Å². The maximum Gasteiger partial charge on any atom is 0.231 e. The topological polar surface area (TPSA) is 69.0 Å². The van der Waals surface area contributed by atoms with Crippen molar-refractivity contribution in [2.24, 2.45) is 0 Å². The molecule has 1 N–H and O–H groups in total. The van der Waals surface area contributed by atoms with E-state index >= 15 is 0 Å². The smallest absolute Gasteiger partial charge is 0.231 e. The fourth-order valence-corrected chi connectivity index (χ4v) is 3.84. The largest absolute Gasteiger partial charge is 0.381 e. The molecule has 1 aliphatic rings. The molecule has 1 fully saturated rings. The van der Waals surface area contributed by atoms with Crippen LogP contribution in [0.15, 0.2) is 73.1 Å². The average molecular weight is 376 g/mol. The van der Waals surface area contributed by atoms with E-state index < -0.39 is 5.41 Å². The van der Waals surface area contributed by atoms with Gasteiger partial charge in [-0.05, 0) is 24.0 Å². The number of ether oxygens (including phenoxy) is 1. The minimum absolute atomic E-state index is 0.0306. The third kappa shape index (κ3) is 3.82. The van der Waals surface area contributed by atoms with Crippen molar-refractivity contribution in [3.63, 3.8) is 0 Å². The van der Waals surface area contributed by atoms with Crippen LogP contribution in [0, 0.1) is 0 Å². The maximum atomic E-state index is 13.6. The van der Waals surface area contributed by atoms with Crippen LogP contribution in [0.1, 0.15) is 30.0 Å². The molecule has 1 amide bonds. The van der Waals surface area contributed by atoms with Crippen molar-refractivity contribution in [1.29, 1.82) is 0 Å². The number of benzene rings is 2. The monoisotopic (exact) mass is 376 g/mol. The standard InChI is InChI=1S/C22H24N4O2/c27-21(22(11-15-28-16-12-22)19-9-5-2-6-10-19)25-20(17-26-23-13-14-24-26)18-7-3-1-4-8-18/h1-10,13-14,20H,11-12,15-17H2,(H,25,27). The van der Waals surface area contributed by atoms with Gasteiger partial charge >= 0.3 is 0 Å². The molecule has 2 aromatic carbocycles. The van der Waals surface area contributed by atoms with Crippen molar-refractivity contribution >= 4 is 5.91 Å². The summed E-state index contributed by atoms with van der Waals surface area (Å²) < 4.78 is 5.57. The molecule has 2 heterocycles. The summed E-state index contributed by atoms with van der Waals surface area (Å²) >= 11 is 0. The Labute approximate surface area is 164 Å². The molecule has 1 unspecified atom stereocenters. The molecule has 1 atom stereocenters. The van der Waals surface area contributed by atoms with E-state index in [2.05, 4.69) is 15.5 Å². The number of hydrogen-bond donors (Lipinski definition) is 1. The van der Waals surface area contributed by atoms with Crippen molar-refractivity contribution in [1.82, 2.24) is 20.3 Å². The van der Waals surface area contributed by atoms with E-state index in [0.717, 1.165) is 11.1 Å². The lowest BCUT2D eigenvalue weighted by atomic mass is 9.73. The molecular formula is C22H24N4O2. The Hall–Kier alpha value is -2.99. The Bertz CT molecular complexity index is 875. The molecule has 0 radical (unpaired) electrons. The van der Waals surface area contributed by atoms with Crippen molar-refractivity contribution in [3.8, 4) is 0 Å². The van der Waals surface area contributed by atoms with E-state index in [1.165, 1.54) is 0 Å². The molecule has 1 aliphatic heterocycles. The van der Waals surface area contributed by atoms with E-state index in [-0.39, 0.29) is 11.9 Å². The second-order valence-corrected chi connectivity index (χ2v) is 7.08. The molecule has 1 aromatic heterocycles. The van der Waals surface area contributed by atoms with Crippen molar-refractivity contribution in [2.45, 2.75) is 30.8 Å². The van der Waals surface area contributed by atoms with Crippen molar-refractivity contribution in [3.05, 3.63) is 84.2 Å². The molecule has 28 heavy (non-hydrogen) atoms. The van der Waals surface area contributed by atoms with E-state index in [0.29, 0.717) is 32.6 Å². The van der Waals surface area contributed by atoms with Gasteiger partial charge in [-0.2, -0.15) is 15.0 Å². The first kappa shape index (κ1) is 18.4. The Morgan fingerprint density at radius 1 is 1.00 bits per heavy atom. The summed E-state index contributed by atoms with van der Waals surface area (Å²) in [6, 6.07) is 19.8. The van der Waals surface area contributed by atoms with Gasteiger partial charge in [0.15, 0.2) is 0 Å². The van der Waals surface area contributed by atoms with E-state index in [1.807, 2.05) is 60.7 Å². The summed E-state index contributed by atoms with van der Waals surface area (Å²) in [6.07, 6.45) is 4.64.